The van der Waals surface area contributed by atoms with E-state index >= 15 is 0 Å². The Hall–Kier alpha value is -1.24. The molecule has 1 N–H and O–H groups in total. The van der Waals surface area contributed by atoms with Crippen LogP contribution in [0.15, 0.2) is 23.4 Å². The Morgan fingerprint density at radius 1 is 1.18 bits per heavy atom. The topological polar surface area (TPSA) is 66.4 Å². The van der Waals surface area contributed by atoms with E-state index in [-0.39, 0.29) is 13.2 Å². The molecule has 1 aliphatic carbocycles. The molecule has 0 saturated heterocycles. The van der Waals surface area contributed by atoms with E-state index in [2.05, 4.69) is 0 Å². The predicted molar refractivity (Wildman–Crippen MR) is 58.7 cm³/mol. The van der Waals surface area contributed by atoms with Crippen LogP contribution in [0.3, 0.4) is 0 Å². The average molecular weight is 246 g/mol. The van der Waals surface area contributed by atoms with E-state index in [0.717, 1.165) is 0 Å². The van der Waals surface area contributed by atoms with Gasteiger partial charge in [-0.05, 0) is 0 Å². The van der Waals surface area contributed by atoms with E-state index in [4.69, 9.17) is 23.7 Å². The molecule has 1 unspecified atom stereocenters. The summed E-state index contributed by atoms with van der Waals surface area (Å²) in [4.78, 5) is 0. The van der Waals surface area contributed by atoms with Gasteiger partial charge >= 0.3 is 0 Å². The second kappa shape index (κ2) is 5.90. The summed E-state index contributed by atoms with van der Waals surface area (Å²) in [5.41, 5.74) is 0. The molecular weight excluding hydrogens is 228 g/mol. The first-order valence-corrected chi connectivity index (χ1v) is 5.03. The molecule has 0 aromatic carbocycles. The number of hydrogen-bond donors (Lipinski definition) is 1. The molecule has 6 nitrogen and oxygen atoms in total. The predicted octanol–water partition coefficient (Wildman–Crippen LogP) is 0.734. The molecule has 0 heterocycles. The van der Waals surface area contributed by atoms with Crippen molar-refractivity contribution in [2.45, 2.75) is 12.2 Å². The van der Waals surface area contributed by atoms with Crippen molar-refractivity contribution in [3.8, 4) is 0 Å². The number of methoxy groups -OCH3 is 4. The molecule has 1 rings (SSSR count). The van der Waals surface area contributed by atoms with Crippen LogP contribution in [-0.4, -0.2) is 46.1 Å². The van der Waals surface area contributed by atoms with Crippen molar-refractivity contribution < 1.29 is 28.8 Å². The summed E-state index contributed by atoms with van der Waals surface area (Å²) in [6.07, 6.45) is 1.55. The molecule has 1 atom stereocenters. The summed E-state index contributed by atoms with van der Waals surface area (Å²) in [6, 6.07) is 0. The summed E-state index contributed by atoms with van der Waals surface area (Å²) in [7, 11) is 5.94. The summed E-state index contributed by atoms with van der Waals surface area (Å²) in [6.45, 7) is -0.0384. The van der Waals surface area contributed by atoms with Gasteiger partial charge in [-0.1, -0.05) is 0 Å². The third kappa shape index (κ3) is 3.12. The van der Waals surface area contributed by atoms with Gasteiger partial charge in [-0.25, -0.2) is 0 Å². The van der Waals surface area contributed by atoms with Crippen molar-refractivity contribution in [3.05, 3.63) is 23.4 Å². The molecular formula is C11H18O6. The normalized spacial score (nSPS) is 24.4. The number of aliphatic hydroxyl groups is 1. The molecule has 1 aliphatic rings. The SMILES string of the molecule is COCOC1(O)C=C(OC)C(OC)=C(OC)C1. The summed E-state index contributed by atoms with van der Waals surface area (Å²) in [5, 5.41) is 10.2. The largest absolute Gasteiger partial charge is 0.497 e. The van der Waals surface area contributed by atoms with E-state index < -0.39 is 5.79 Å². The Labute approximate surface area is 100 Å². The van der Waals surface area contributed by atoms with Gasteiger partial charge in [0, 0.05) is 13.2 Å². The molecule has 0 bridgehead atoms. The minimum absolute atomic E-state index is 0.0384. The second-order valence-corrected chi connectivity index (χ2v) is 3.45. The van der Waals surface area contributed by atoms with Crippen molar-refractivity contribution in [3.63, 3.8) is 0 Å². The maximum atomic E-state index is 10.2. The third-order valence-electron chi connectivity index (χ3n) is 2.34. The summed E-state index contributed by atoms with van der Waals surface area (Å²) in [5.74, 6) is -0.269. The molecule has 6 heteroatoms. The first kappa shape index (κ1) is 13.8. The second-order valence-electron chi connectivity index (χ2n) is 3.45. The van der Waals surface area contributed by atoms with Crippen LogP contribution in [0.25, 0.3) is 0 Å². The summed E-state index contributed by atoms with van der Waals surface area (Å²) < 4.78 is 25.4. The van der Waals surface area contributed by atoms with Gasteiger partial charge in [0.1, 0.15) is 12.6 Å². The Bertz CT molecular complexity index is 322. The quantitative estimate of drug-likeness (QED) is 0.697. The van der Waals surface area contributed by atoms with Crippen molar-refractivity contribution in [2.75, 3.05) is 35.2 Å². The fourth-order valence-electron chi connectivity index (χ4n) is 1.55. The van der Waals surface area contributed by atoms with Crippen molar-refractivity contribution in [1.82, 2.24) is 0 Å². The monoisotopic (exact) mass is 246 g/mol. The van der Waals surface area contributed by atoms with E-state index in [0.29, 0.717) is 17.3 Å². The van der Waals surface area contributed by atoms with E-state index in [9.17, 15) is 5.11 Å². The van der Waals surface area contributed by atoms with Crippen LogP contribution in [0.2, 0.25) is 0 Å². The van der Waals surface area contributed by atoms with Crippen LogP contribution in [0.1, 0.15) is 6.42 Å². The third-order valence-corrected chi connectivity index (χ3v) is 2.34. The molecule has 0 aromatic rings. The zero-order chi connectivity index (χ0) is 12.9. The lowest BCUT2D eigenvalue weighted by atomic mass is 10.0. The molecule has 0 aromatic heterocycles. The standard InChI is InChI=1S/C11H18O6/c1-13-7-17-11(12)5-8(14-2)10(16-4)9(6-11)15-3/h5,12H,6-7H2,1-4H3. The Balaban J connectivity index is 2.97. The highest BCUT2D eigenvalue weighted by molar-refractivity contribution is 5.31. The maximum absolute atomic E-state index is 10.2. The summed E-state index contributed by atoms with van der Waals surface area (Å²) >= 11 is 0. The van der Waals surface area contributed by atoms with Crippen LogP contribution in [0, 0.1) is 0 Å². The van der Waals surface area contributed by atoms with Crippen LogP contribution in [0.5, 0.6) is 0 Å². The fourth-order valence-corrected chi connectivity index (χ4v) is 1.55. The minimum atomic E-state index is -1.52. The number of hydrogen-bond acceptors (Lipinski definition) is 6. The van der Waals surface area contributed by atoms with Crippen molar-refractivity contribution in [2.24, 2.45) is 0 Å². The number of ether oxygens (including phenoxy) is 5. The van der Waals surface area contributed by atoms with Gasteiger partial charge in [-0.15, -0.1) is 0 Å². The average Bonchev–Trinajstić information content (AvgIpc) is 2.35. The Kier molecular flexibility index (Phi) is 4.80. The molecule has 0 spiro atoms. The van der Waals surface area contributed by atoms with E-state index in [1.807, 2.05) is 0 Å². The molecule has 98 valence electrons. The molecule has 0 fully saturated rings. The lowest BCUT2D eigenvalue weighted by Gasteiger charge is -2.30. The zero-order valence-electron chi connectivity index (χ0n) is 10.5. The van der Waals surface area contributed by atoms with E-state index in [1.165, 1.54) is 34.5 Å². The smallest absolute Gasteiger partial charge is 0.199 e. The fraction of sp³-hybridized carbons (Fsp3) is 0.636. The van der Waals surface area contributed by atoms with Crippen LogP contribution >= 0.6 is 0 Å². The molecule has 0 saturated carbocycles. The van der Waals surface area contributed by atoms with Crippen LogP contribution in [-0.2, 0) is 23.7 Å². The van der Waals surface area contributed by atoms with Crippen LogP contribution < -0.4 is 0 Å². The molecule has 0 radical (unpaired) electrons. The van der Waals surface area contributed by atoms with Gasteiger partial charge in [0.15, 0.2) is 17.3 Å². The lowest BCUT2D eigenvalue weighted by molar-refractivity contribution is -0.218. The molecule has 0 amide bonds. The van der Waals surface area contributed by atoms with Gasteiger partial charge < -0.3 is 28.8 Å². The van der Waals surface area contributed by atoms with Crippen molar-refractivity contribution in [1.29, 1.82) is 0 Å². The molecule has 17 heavy (non-hydrogen) atoms. The van der Waals surface area contributed by atoms with Gasteiger partial charge in [0.2, 0.25) is 0 Å². The highest BCUT2D eigenvalue weighted by Gasteiger charge is 2.36. The van der Waals surface area contributed by atoms with Gasteiger partial charge in [0.25, 0.3) is 0 Å². The van der Waals surface area contributed by atoms with E-state index in [1.54, 1.807) is 0 Å². The number of rotatable bonds is 6. The maximum Gasteiger partial charge on any atom is 0.199 e. The van der Waals surface area contributed by atoms with Gasteiger partial charge in [-0.2, -0.15) is 0 Å². The Morgan fingerprint density at radius 3 is 2.35 bits per heavy atom. The van der Waals surface area contributed by atoms with Crippen molar-refractivity contribution >= 4 is 0 Å². The van der Waals surface area contributed by atoms with Gasteiger partial charge in [-0.3, -0.25) is 0 Å². The Morgan fingerprint density at radius 2 is 1.88 bits per heavy atom. The highest BCUT2D eigenvalue weighted by atomic mass is 16.7. The molecule has 0 aliphatic heterocycles. The first-order valence-electron chi connectivity index (χ1n) is 5.03. The van der Waals surface area contributed by atoms with Gasteiger partial charge in [0.05, 0.1) is 27.8 Å². The zero-order valence-corrected chi connectivity index (χ0v) is 10.5. The first-order chi connectivity index (χ1) is 8.10. The lowest BCUT2D eigenvalue weighted by Crippen LogP contribution is -2.35. The minimum Gasteiger partial charge on any atom is -0.497 e. The van der Waals surface area contributed by atoms with Crippen LogP contribution in [0.4, 0.5) is 0 Å². The highest BCUT2D eigenvalue weighted by Crippen LogP contribution is 2.33.